The van der Waals surface area contributed by atoms with Crippen LogP contribution in [0.5, 0.6) is 0 Å². The molecular formula is C21H32N4O3. The number of nitrogens with one attached hydrogen (secondary N) is 1. The van der Waals surface area contributed by atoms with Crippen molar-refractivity contribution in [3.05, 3.63) is 23.9 Å². The van der Waals surface area contributed by atoms with Crippen LogP contribution in [0.15, 0.2) is 18.3 Å². The zero-order valence-corrected chi connectivity index (χ0v) is 16.6. The minimum absolute atomic E-state index is 0.0927. The first-order valence-corrected chi connectivity index (χ1v) is 10.7. The van der Waals surface area contributed by atoms with Gasteiger partial charge in [-0.3, -0.25) is 9.69 Å². The quantitative estimate of drug-likeness (QED) is 0.832. The molecule has 3 aliphatic heterocycles. The maximum atomic E-state index is 12.8. The van der Waals surface area contributed by atoms with E-state index in [2.05, 4.69) is 15.2 Å². The lowest BCUT2D eigenvalue weighted by atomic mass is 10.0. The van der Waals surface area contributed by atoms with Gasteiger partial charge in [0.05, 0.1) is 24.9 Å². The molecule has 4 heterocycles. The Labute approximate surface area is 167 Å². The summed E-state index contributed by atoms with van der Waals surface area (Å²) in [6.45, 7) is 6.96. The normalized spacial score (nSPS) is 24.9. The lowest BCUT2D eigenvalue weighted by molar-refractivity contribution is 0.00158. The molecule has 1 aromatic heterocycles. The minimum atomic E-state index is 0.0927. The van der Waals surface area contributed by atoms with Gasteiger partial charge in [-0.05, 0) is 44.2 Å². The van der Waals surface area contributed by atoms with Gasteiger partial charge in [0.2, 0.25) is 0 Å². The summed E-state index contributed by atoms with van der Waals surface area (Å²) in [5, 5.41) is 3.33. The molecule has 3 fully saturated rings. The second kappa shape index (κ2) is 9.67. The number of hydrogen-bond acceptors (Lipinski definition) is 6. The van der Waals surface area contributed by atoms with Crippen molar-refractivity contribution >= 4 is 11.7 Å². The van der Waals surface area contributed by atoms with Gasteiger partial charge in [0.1, 0.15) is 5.82 Å². The van der Waals surface area contributed by atoms with E-state index in [-0.39, 0.29) is 12.0 Å². The third-order valence-corrected chi connectivity index (χ3v) is 6.11. The number of morpholine rings is 1. The summed E-state index contributed by atoms with van der Waals surface area (Å²) in [5.41, 5.74) is 0.671. The first-order valence-electron chi connectivity index (χ1n) is 10.7. The summed E-state index contributed by atoms with van der Waals surface area (Å²) < 4.78 is 11.2. The summed E-state index contributed by atoms with van der Waals surface area (Å²) in [7, 11) is 0. The van der Waals surface area contributed by atoms with Gasteiger partial charge in [-0.2, -0.15) is 0 Å². The van der Waals surface area contributed by atoms with E-state index in [4.69, 9.17) is 9.47 Å². The highest BCUT2D eigenvalue weighted by molar-refractivity contribution is 5.94. The van der Waals surface area contributed by atoms with E-state index in [1.165, 1.54) is 6.42 Å². The van der Waals surface area contributed by atoms with Gasteiger partial charge >= 0.3 is 0 Å². The molecule has 7 heteroatoms. The Bertz CT molecular complexity index is 619. The summed E-state index contributed by atoms with van der Waals surface area (Å²) in [6, 6.07) is 4.36. The molecule has 0 radical (unpaired) electrons. The zero-order chi connectivity index (χ0) is 19.2. The van der Waals surface area contributed by atoms with E-state index in [9.17, 15) is 4.79 Å². The van der Waals surface area contributed by atoms with Gasteiger partial charge in [0.15, 0.2) is 0 Å². The second-order valence-corrected chi connectivity index (χ2v) is 7.97. The van der Waals surface area contributed by atoms with Gasteiger partial charge in [0, 0.05) is 51.6 Å². The van der Waals surface area contributed by atoms with Crippen LogP contribution in [0.25, 0.3) is 0 Å². The van der Waals surface area contributed by atoms with Crippen LogP contribution in [0.1, 0.15) is 42.5 Å². The van der Waals surface area contributed by atoms with Crippen LogP contribution in [0, 0.1) is 0 Å². The van der Waals surface area contributed by atoms with Crippen LogP contribution < -0.4 is 5.32 Å². The second-order valence-electron chi connectivity index (χ2n) is 7.97. The Morgan fingerprint density at radius 2 is 1.89 bits per heavy atom. The van der Waals surface area contributed by atoms with Crippen molar-refractivity contribution < 1.29 is 14.3 Å². The first kappa shape index (κ1) is 19.6. The standard InChI is InChI=1S/C21H32N4O3/c26-21(25-8-6-18(7-9-25)24-10-13-27-14-11-24)17-4-5-20(22-15-17)23-16-19-3-1-2-12-28-19/h4-5,15,18-19H,1-3,6-14,16H2,(H,22,23)/t19-/m1/s1. The predicted octanol–water partition coefficient (Wildman–Crippen LogP) is 2.00. The largest absolute Gasteiger partial charge is 0.379 e. The summed E-state index contributed by atoms with van der Waals surface area (Å²) >= 11 is 0. The van der Waals surface area contributed by atoms with Crippen molar-refractivity contribution in [3.63, 3.8) is 0 Å². The first-order chi connectivity index (χ1) is 13.8. The number of likely N-dealkylation sites (tertiary alicyclic amines) is 1. The molecule has 4 rings (SSSR count). The fraction of sp³-hybridized carbons (Fsp3) is 0.714. The van der Waals surface area contributed by atoms with E-state index in [0.717, 1.165) is 84.0 Å². The van der Waals surface area contributed by atoms with Crippen molar-refractivity contribution in [1.82, 2.24) is 14.8 Å². The Morgan fingerprint density at radius 3 is 2.57 bits per heavy atom. The molecule has 154 valence electrons. The van der Waals surface area contributed by atoms with Gasteiger partial charge in [-0.15, -0.1) is 0 Å². The number of anilines is 1. The van der Waals surface area contributed by atoms with Crippen LogP contribution in [0.2, 0.25) is 0 Å². The van der Waals surface area contributed by atoms with Crippen molar-refractivity contribution in [2.75, 3.05) is 57.9 Å². The lowest BCUT2D eigenvalue weighted by Gasteiger charge is -2.40. The molecule has 0 aliphatic carbocycles. The van der Waals surface area contributed by atoms with Gasteiger partial charge in [0.25, 0.3) is 5.91 Å². The molecule has 0 aromatic carbocycles. The average molecular weight is 389 g/mol. The summed E-state index contributed by atoms with van der Waals surface area (Å²) in [6.07, 6.45) is 7.54. The average Bonchev–Trinajstić information content (AvgIpc) is 2.79. The van der Waals surface area contributed by atoms with Crippen LogP contribution in [-0.2, 0) is 9.47 Å². The van der Waals surface area contributed by atoms with Gasteiger partial charge in [-0.25, -0.2) is 4.98 Å². The number of aromatic nitrogens is 1. The number of amides is 1. The molecule has 0 saturated carbocycles. The molecule has 3 aliphatic rings. The van der Waals surface area contributed by atoms with E-state index < -0.39 is 0 Å². The smallest absolute Gasteiger partial charge is 0.255 e. The summed E-state index contributed by atoms with van der Waals surface area (Å²) in [4.78, 5) is 21.7. The van der Waals surface area contributed by atoms with Gasteiger partial charge < -0.3 is 19.7 Å². The highest BCUT2D eigenvalue weighted by atomic mass is 16.5. The Morgan fingerprint density at radius 1 is 1.07 bits per heavy atom. The molecule has 3 saturated heterocycles. The van der Waals surface area contributed by atoms with Crippen molar-refractivity contribution in [1.29, 1.82) is 0 Å². The number of hydrogen-bond donors (Lipinski definition) is 1. The number of pyridine rings is 1. The molecule has 1 atom stereocenters. The number of nitrogens with zero attached hydrogens (tertiary/aromatic N) is 3. The molecular weight excluding hydrogens is 356 g/mol. The van der Waals surface area contributed by atoms with Crippen molar-refractivity contribution in [2.24, 2.45) is 0 Å². The van der Waals surface area contributed by atoms with Crippen LogP contribution in [0.4, 0.5) is 5.82 Å². The van der Waals surface area contributed by atoms with Crippen LogP contribution in [0.3, 0.4) is 0 Å². The van der Waals surface area contributed by atoms with E-state index in [1.54, 1.807) is 6.20 Å². The SMILES string of the molecule is O=C(c1ccc(NC[C@H]2CCCCO2)nc1)N1CCC(N2CCOCC2)CC1. The number of piperidine rings is 1. The zero-order valence-electron chi connectivity index (χ0n) is 16.6. The Balaban J connectivity index is 1.24. The molecule has 7 nitrogen and oxygen atoms in total. The molecule has 0 bridgehead atoms. The number of ether oxygens (including phenoxy) is 2. The fourth-order valence-electron chi connectivity index (χ4n) is 4.37. The Kier molecular flexibility index (Phi) is 6.77. The monoisotopic (exact) mass is 388 g/mol. The van der Waals surface area contributed by atoms with Crippen LogP contribution >= 0.6 is 0 Å². The number of carbonyl (C=O) groups excluding carboxylic acids is 1. The number of rotatable bonds is 5. The minimum Gasteiger partial charge on any atom is -0.379 e. The highest BCUT2D eigenvalue weighted by Crippen LogP contribution is 2.20. The van der Waals surface area contributed by atoms with Crippen molar-refractivity contribution in [2.45, 2.75) is 44.2 Å². The van der Waals surface area contributed by atoms with E-state index in [0.29, 0.717) is 11.6 Å². The maximum Gasteiger partial charge on any atom is 0.255 e. The third kappa shape index (κ3) is 5.01. The van der Waals surface area contributed by atoms with Crippen LogP contribution in [-0.4, -0.2) is 85.4 Å². The number of carbonyl (C=O) groups is 1. The van der Waals surface area contributed by atoms with Crippen molar-refractivity contribution in [3.8, 4) is 0 Å². The fourth-order valence-corrected chi connectivity index (χ4v) is 4.37. The lowest BCUT2D eigenvalue weighted by Crippen LogP contribution is -2.50. The third-order valence-electron chi connectivity index (χ3n) is 6.11. The molecule has 1 amide bonds. The molecule has 0 unspecified atom stereocenters. The molecule has 1 N–H and O–H groups in total. The van der Waals surface area contributed by atoms with Gasteiger partial charge in [-0.1, -0.05) is 0 Å². The highest BCUT2D eigenvalue weighted by Gasteiger charge is 2.28. The molecule has 0 spiro atoms. The summed E-state index contributed by atoms with van der Waals surface area (Å²) in [5.74, 6) is 0.895. The predicted molar refractivity (Wildman–Crippen MR) is 108 cm³/mol. The Hall–Kier alpha value is -1.70. The molecule has 1 aromatic rings. The van der Waals surface area contributed by atoms with E-state index >= 15 is 0 Å². The maximum absolute atomic E-state index is 12.8. The van der Waals surface area contributed by atoms with E-state index in [1.807, 2.05) is 17.0 Å². The topological polar surface area (TPSA) is 66.9 Å². The molecule has 28 heavy (non-hydrogen) atoms.